The first-order valence-corrected chi connectivity index (χ1v) is 6.72. The predicted molar refractivity (Wildman–Crippen MR) is 73.3 cm³/mol. The quantitative estimate of drug-likeness (QED) is 0.910. The third kappa shape index (κ3) is 2.88. The minimum atomic E-state index is 0.776. The molecule has 1 N–H and O–H groups in total. The van der Waals surface area contributed by atoms with Gasteiger partial charge in [0.05, 0.1) is 13.7 Å². The number of methoxy groups -OCH3 is 1. The van der Waals surface area contributed by atoms with Crippen molar-refractivity contribution < 1.29 is 9.15 Å². The molecule has 0 bridgehead atoms. The highest BCUT2D eigenvalue weighted by atomic mass is 16.5. The summed E-state index contributed by atoms with van der Waals surface area (Å²) >= 11 is 0. The van der Waals surface area contributed by atoms with Crippen LogP contribution in [0.1, 0.15) is 12.3 Å². The van der Waals surface area contributed by atoms with Gasteiger partial charge in [0, 0.05) is 19.2 Å². The Bertz CT molecular complexity index is 545. The van der Waals surface area contributed by atoms with Crippen molar-refractivity contribution in [2.24, 2.45) is 0 Å². The van der Waals surface area contributed by atoms with Crippen molar-refractivity contribution in [3.63, 3.8) is 0 Å². The highest BCUT2D eigenvalue weighted by Gasteiger charge is 2.13. The fourth-order valence-corrected chi connectivity index (χ4v) is 2.40. The Hall–Kier alpha value is -1.59. The first kappa shape index (κ1) is 12.4. The monoisotopic (exact) mass is 261 g/mol. The SMILES string of the molecule is COc1ccc2nc(CN3CCCNCC3)oc2c1. The van der Waals surface area contributed by atoms with E-state index in [9.17, 15) is 0 Å². The van der Waals surface area contributed by atoms with E-state index >= 15 is 0 Å². The number of rotatable bonds is 3. The van der Waals surface area contributed by atoms with E-state index < -0.39 is 0 Å². The van der Waals surface area contributed by atoms with Crippen LogP contribution in [0.3, 0.4) is 0 Å². The minimum absolute atomic E-state index is 0.776. The van der Waals surface area contributed by atoms with Gasteiger partial charge in [-0.25, -0.2) is 4.98 Å². The molecule has 1 aliphatic rings. The summed E-state index contributed by atoms with van der Waals surface area (Å²) in [7, 11) is 1.66. The summed E-state index contributed by atoms with van der Waals surface area (Å²) in [4.78, 5) is 6.91. The van der Waals surface area contributed by atoms with Crippen LogP contribution in [-0.4, -0.2) is 43.2 Å². The van der Waals surface area contributed by atoms with E-state index in [2.05, 4.69) is 15.2 Å². The lowest BCUT2D eigenvalue weighted by Crippen LogP contribution is -2.27. The maximum absolute atomic E-state index is 5.80. The van der Waals surface area contributed by atoms with E-state index in [-0.39, 0.29) is 0 Å². The van der Waals surface area contributed by atoms with Crippen LogP contribution in [0.5, 0.6) is 5.75 Å². The molecule has 2 aromatic rings. The molecule has 0 unspecified atom stereocenters. The van der Waals surface area contributed by atoms with Crippen LogP contribution in [0, 0.1) is 0 Å². The second-order valence-electron chi connectivity index (χ2n) is 4.82. The molecule has 19 heavy (non-hydrogen) atoms. The average Bonchev–Trinajstić information content (AvgIpc) is 2.64. The fourth-order valence-electron chi connectivity index (χ4n) is 2.40. The topological polar surface area (TPSA) is 50.5 Å². The van der Waals surface area contributed by atoms with Gasteiger partial charge in [0.1, 0.15) is 11.3 Å². The maximum atomic E-state index is 5.80. The molecule has 0 aliphatic carbocycles. The molecule has 5 nitrogen and oxygen atoms in total. The first-order valence-electron chi connectivity index (χ1n) is 6.72. The molecule has 1 saturated heterocycles. The van der Waals surface area contributed by atoms with Crippen LogP contribution >= 0.6 is 0 Å². The zero-order chi connectivity index (χ0) is 13.1. The van der Waals surface area contributed by atoms with Crippen LogP contribution in [0.15, 0.2) is 22.6 Å². The molecule has 1 fully saturated rings. The van der Waals surface area contributed by atoms with Gasteiger partial charge in [-0.15, -0.1) is 0 Å². The Balaban J connectivity index is 1.76. The molecule has 2 heterocycles. The lowest BCUT2D eigenvalue weighted by molar-refractivity contribution is 0.257. The van der Waals surface area contributed by atoms with Gasteiger partial charge in [0.15, 0.2) is 5.58 Å². The molecule has 0 radical (unpaired) electrons. The standard InChI is InChI=1S/C14H19N3O2/c1-18-11-3-4-12-13(9-11)19-14(16-12)10-17-7-2-5-15-6-8-17/h3-4,9,15H,2,5-8,10H2,1H3. The number of oxazole rings is 1. The van der Waals surface area contributed by atoms with Crippen molar-refractivity contribution >= 4 is 11.1 Å². The maximum Gasteiger partial charge on any atom is 0.209 e. The second kappa shape index (κ2) is 5.59. The summed E-state index contributed by atoms with van der Waals surface area (Å²) in [6, 6.07) is 5.73. The average molecular weight is 261 g/mol. The van der Waals surface area contributed by atoms with Crippen molar-refractivity contribution in [1.82, 2.24) is 15.2 Å². The summed E-state index contributed by atoms with van der Waals surface area (Å²) in [6.45, 7) is 5.05. The van der Waals surface area contributed by atoms with Crippen molar-refractivity contribution in [2.75, 3.05) is 33.3 Å². The number of nitrogens with one attached hydrogen (secondary N) is 1. The van der Waals surface area contributed by atoms with Crippen LogP contribution in [0.25, 0.3) is 11.1 Å². The number of benzene rings is 1. The summed E-state index contributed by atoms with van der Waals surface area (Å²) in [5, 5.41) is 3.40. The highest BCUT2D eigenvalue weighted by molar-refractivity contribution is 5.74. The highest BCUT2D eigenvalue weighted by Crippen LogP contribution is 2.22. The van der Waals surface area contributed by atoms with Crippen molar-refractivity contribution in [3.8, 4) is 5.75 Å². The van der Waals surface area contributed by atoms with Gasteiger partial charge in [-0.05, 0) is 31.6 Å². The lowest BCUT2D eigenvalue weighted by atomic mass is 10.3. The molecule has 3 rings (SSSR count). The van der Waals surface area contributed by atoms with Crippen LogP contribution in [0.4, 0.5) is 0 Å². The van der Waals surface area contributed by atoms with Crippen molar-refractivity contribution in [2.45, 2.75) is 13.0 Å². The Morgan fingerprint density at radius 1 is 1.37 bits per heavy atom. The van der Waals surface area contributed by atoms with Gasteiger partial charge in [0.25, 0.3) is 0 Å². The number of fused-ring (bicyclic) bond motifs is 1. The van der Waals surface area contributed by atoms with Gasteiger partial charge in [-0.2, -0.15) is 0 Å². The van der Waals surface area contributed by atoms with Gasteiger partial charge >= 0.3 is 0 Å². The zero-order valence-electron chi connectivity index (χ0n) is 11.2. The Morgan fingerprint density at radius 3 is 3.21 bits per heavy atom. The number of aromatic nitrogens is 1. The molecule has 0 saturated carbocycles. The van der Waals surface area contributed by atoms with Crippen molar-refractivity contribution in [3.05, 3.63) is 24.1 Å². The molecular weight excluding hydrogens is 242 g/mol. The molecule has 0 atom stereocenters. The Kier molecular flexibility index (Phi) is 3.66. The van der Waals surface area contributed by atoms with Gasteiger partial charge < -0.3 is 14.5 Å². The molecule has 1 aromatic heterocycles. The minimum Gasteiger partial charge on any atom is -0.497 e. The van der Waals surface area contributed by atoms with Crippen LogP contribution in [0.2, 0.25) is 0 Å². The summed E-state index contributed by atoms with van der Waals surface area (Å²) in [5.41, 5.74) is 1.69. The smallest absolute Gasteiger partial charge is 0.209 e. The van der Waals surface area contributed by atoms with Crippen LogP contribution < -0.4 is 10.1 Å². The third-order valence-electron chi connectivity index (χ3n) is 3.43. The van der Waals surface area contributed by atoms with Crippen LogP contribution in [-0.2, 0) is 6.54 Å². The number of hydrogen-bond donors (Lipinski definition) is 1. The summed E-state index contributed by atoms with van der Waals surface area (Å²) in [5.74, 6) is 1.58. The molecule has 0 spiro atoms. The summed E-state index contributed by atoms with van der Waals surface area (Å²) in [6.07, 6.45) is 1.17. The summed E-state index contributed by atoms with van der Waals surface area (Å²) < 4.78 is 11.0. The number of nitrogens with zero attached hydrogens (tertiary/aromatic N) is 2. The van der Waals surface area contributed by atoms with E-state index in [0.717, 1.165) is 55.5 Å². The lowest BCUT2D eigenvalue weighted by Gasteiger charge is -2.16. The van der Waals surface area contributed by atoms with E-state index in [4.69, 9.17) is 9.15 Å². The molecule has 5 heteroatoms. The van der Waals surface area contributed by atoms with Gasteiger partial charge in [0.2, 0.25) is 5.89 Å². The third-order valence-corrected chi connectivity index (χ3v) is 3.43. The first-order chi connectivity index (χ1) is 9.35. The van der Waals surface area contributed by atoms with E-state index in [1.165, 1.54) is 6.42 Å². The molecule has 102 valence electrons. The molecule has 1 aliphatic heterocycles. The second-order valence-corrected chi connectivity index (χ2v) is 4.82. The van der Waals surface area contributed by atoms with Gasteiger partial charge in [-0.3, -0.25) is 4.90 Å². The number of ether oxygens (including phenoxy) is 1. The Morgan fingerprint density at radius 2 is 2.32 bits per heavy atom. The van der Waals surface area contributed by atoms with Crippen molar-refractivity contribution in [1.29, 1.82) is 0 Å². The van der Waals surface area contributed by atoms with E-state index in [1.807, 2.05) is 18.2 Å². The molecule has 1 aromatic carbocycles. The zero-order valence-corrected chi connectivity index (χ0v) is 11.2. The van der Waals surface area contributed by atoms with E-state index in [1.54, 1.807) is 7.11 Å². The van der Waals surface area contributed by atoms with E-state index in [0.29, 0.717) is 0 Å². The van der Waals surface area contributed by atoms with Gasteiger partial charge in [-0.1, -0.05) is 0 Å². The number of hydrogen-bond acceptors (Lipinski definition) is 5. The predicted octanol–water partition coefficient (Wildman–Crippen LogP) is 1.63. The Labute approximate surface area is 112 Å². The normalized spacial score (nSPS) is 17.5. The largest absolute Gasteiger partial charge is 0.497 e. The fraction of sp³-hybridized carbons (Fsp3) is 0.500. The molecule has 0 amide bonds. The molecular formula is C14H19N3O2.